The molecule has 0 bridgehead atoms. The summed E-state index contributed by atoms with van der Waals surface area (Å²) in [7, 11) is -3.53. The minimum absolute atomic E-state index is 0.0170. The van der Waals surface area contributed by atoms with Gasteiger partial charge in [-0.3, -0.25) is 4.57 Å². The van der Waals surface area contributed by atoms with Gasteiger partial charge in [-0.1, -0.05) is 167 Å². The molecule has 0 amide bonds. The molecule has 10 nitrogen and oxygen atoms in total. The summed E-state index contributed by atoms with van der Waals surface area (Å²) in [5, 5.41) is 20.9. The molecular formula is C58H125N6O4P. The lowest BCUT2D eigenvalue weighted by Gasteiger charge is -2.24. The predicted octanol–water partition coefficient (Wildman–Crippen LogP) is 14.4. The van der Waals surface area contributed by atoms with Crippen LogP contribution in [0.15, 0.2) is 0 Å². The maximum atomic E-state index is 12.1. The highest BCUT2D eigenvalue weighted by atomic mass is 31.2. The van der Waals surface area contributed by atoms with Gasteiger partial charge in [-0.05, 0) is 184 Å². The Kier molecular flexibility index (Phi) is 52.6. The second-order valence-electron chi connectivity index (χ2n) is 22.7. The fraction of sp³-hybridized carbons (Fsp3) is 1.00. The predicted molar refractivity (Wildman–Crippen MR) is 305 cm³/mol. The SMILES string of the molecule is CC(C)(C)OCCCCCCCCCCCCNCCCNCCCCCCCCCCCCCNCCCNCCCCCCCCCCCCCNCCCNCCCOP(=O)(O)C(C)(C)C. The van der Waals surface area contributed by atoms with Crippen molar-refractivity contribution >= 4 is 7.60 Å². The average Bonchev–Trinajstić information content (AvgIpc) is 3.30. The van der Waals surface area contributed by atoms with E-state index in [1.807, 2.05) is 0 Å². The first-order chi connectivity index (χ1) is 33.5. The van der Waals surface area contributed by atoms with Gasteiger partial charge in [-0.15, -0.1) is 0 Å². The van der Waals surface area contributed by atoms with Crippen LogP contribution in [0.1, 0.15) is 273 Å². The molecule has 0 aromatic carbocycles. The summed E-state index contributed by atoms with van der Waals surface area (Å²) in [5.41, 5.74) is 0.0170. The van der Waals surface area contributed by atoms with Crippen LogP contribution in [0.5, 0.6) is 0 Å². The zero-order valence-electron chi connectivity index (χ0n) is 47.5. The van der Waals surface area contributed by atoms with E-state index in [-0.39, 0.29) is 5.60 Å². The first-order valence-electron chi connectivity index (χ1n) is 30.3. The van der Waals surface area contributed by atoms with Crippen LogP contribution in [-0.4, -0.2) is 107 Å². The molecule has 0 heterocycles. The molecule has 0 spiro atoms. The van der Waals surface area contributed by atoms with E-state index in [4.69, 9.17) is 9.26 Å². The highest BCUT2D eigenvalue weighted by Crippen LogP contribution is 2.54. The maximum absolute atomic E-state index is 12.1. The zero-order valence-corrected chi connectivity index (χ0v) is 48.4. The molecule has 7 N–H and O–H groups in total. The molecule has 1 unspecified atom stereocenters. The Morgan fingerprint density at radius 3 is 0.725 bits per heavy atom. The average molecular weight is 1000 g/mol. The van der Waals surface area contributed by atoms with E-state index in [1.54, 1.807) is 20.8 Å². The Hall–Kier alpha value is -0.130. The molecule has 0 saturated heterocycles. The fourth-order valence-corrected chi connectivity index (χ4v) is 9.43. The summed E-state index contributed by atoms with van der Waals surface area (Å²) in [4.78, 5) is 9.92. The summed E-state index contributed by atoms with van der Waals surface area (Å²) in [6.07, 6.45) is 48.7. The zero-order chi connectivity index (χ0) is 50.5. The van der Waals surface area contributed by atoms with Gasteiger partial charge in [0, 0.05) is 6.61 Å². The van der Waals surface area contributed by atoms with Gasteiger partial charge in [-0.2, -0.15) is 0 Å². The van der Waals surface area contributed by atoms with Crippen molar-refractivity contribution in [3.8, 4) is 0 Å². The standard InChI is InChI=1S/C58H125N6O4P/c1-57(2,3)67-55-38-32-26-20-14-13-19-25-31-36-46-62-51-40-50-61-45-35-28-22-16-10-7-9-15-21-27-33-43-59-48-39-49-60-44-34-29-23-17-11-8-12-18-24-30-37-47-63-52-41-53-64-54-42-56-68-69(65,66)58(4,5)6/h59-64H,7-56H2,1-6H3,(H,65,66). The fourth-order valence-electron chi connectivity index (χ4n) is 8.67. The quantitative estimate of drug-likeness (QED) is 0.0234. The number of unbranched alkanes of at least 4 members (excludes halogenated alkanes) is 29. The molecule has 69 heavy (non-hydrogen) atoms. The molecule has 0 aliphatic heterocycles. The van der Waals surface area contributed by atoms with Crippen LogP contribution < -0.4 is 31.9 Å². The van der Waals surface area contributed by atoms with Crippen LogP contribution in [0.2, 0.25) is 0 Å². The van der Waals surface area contributed by atoms with Crippen LogP contribution in [0.25, 0.3) is 0 Å². The van der Waals surface area contributed by atoms with Gasteiger partial charge in [0.05, 0.1) is 17.4 Å². The van der Waals surface area contributed by atoms with Crippen molar-refractivity contribution < 1.29 is 18.7 Å². The van der Waals surface area contributed by atoms with E-state index in [0.29, 0.717) is 6.61 Å². The van der Waals surface area contributed by atoms with Gasteiger partial charge in [-0.25, -0.2) is 0 Å². The van der Waals surface area contributed by atoms with Gasteiger partial charge >= 0.3 is 7.60 Å². The van der Waals surface area contributed by atoms with E-state index in [2.05, 4.69) is 52.7 Å². The lowest BCUT2D eigenvalue weighted by molar-refractivity contribution is -0.00475. The second kappa shape index (κ2) is 52.7. The minimum Gasteiger partial charge on any atom is -0.376 e. The van der Waals surface area contributed by atoms with Crippen molar-refractivity contribution in [2.45, 2.75) is 283 Å². The summed E-state index contributed by atoms with van der Waals surface area (Å²) in [6.45, 7) is 26.2. The number of hydrogen-bond donors (Lipinski definition) is 7. The maximum Gasteiger partial charge on any atom is 0.333 e. The molecular weight excluding hydrogens is 876 g/mol. The molecule has 0 fully saturated rings. The highest BCUT2D eigenvalue weighted by Gasteiger charge is 2.35. The Morgan fingerprint density at radius 2 is 0.493 bits per heavy atom. The van der Waals surface area contributed by atoms with Crippen LogP contribution in [0.4, 0.5) is 0 Å². The van der Waals surface area contributed by atoms with Crippen molar-refractivity contribution in [3.63, 3.8) is 0 Å². The van der Waals surface area contributed by atoms with Crippen LogP contribution in [0.3, 0.4) is 0 Å². The molecule has 0 aromatic heterocycles. The molecule has 1 atom stereocenters. The van der Waals surface area contributed by atoms with Gasteiger partial charge in [0.2, 0.25) is 0 Å². The largest absolute Gasteiger partial charge is 0.376 e. The monoisotopic (exact) mass is 1000 g/mol. The number of ether oxygens (including phenoxy) is 1. The molecule has 0 aliphatic rings. The summed E-state index contributed by atoms with van der Waals surface area (Å²) >= 11 is 0. The summed E-state index contributed by atoms with van der Waals surface area (Å²) in [5.74, 6) is 0. The van der Waals surface area contributed by atoms with Crippen molar-refractivity contribution in [2.24, 2.45) is 0 Å². The van der Waals surface area contributed by atoms with Crippen molar-refractivity contribution in [1.82, 2.24) is 31.9 Å². The summed E-state index contributed by atoms with van der Waals surface area (Å²) in [6, 6.07) is 0. The summed E-state index contributed by atoms with van der Waals surface area (Å²) < 4.78 is 23.1. The molecule has 0 rings (SSSR count). The van der Waals surface area contributed by atoms with Crippen molar-refractivity contribution in [3.05, 3.63) is 0 Å². The Balaban J connectivity index is 3.11. The van der Waals surface area contributed by atoms with E-state index >= 15 is 0 Å². The van der Waals surface area contributed by atoms with Crippen LogP contribution in [0, 0.1) is 0 Å². The van der Waals surface area contributed by atoms with E-state index in [1.165, 1.54) is 244 Å². The molecule has 0 aromatic rings. The van der Waals surface area contributed by atoms with Crippen molar-refractivity contribution in [1.29, 1.82) is 0 Å². The third kappa shape index (κ3) is 57.0. The Bertz CT molecular complexity index is 1040. The first-order valence-corrected chi connectivity index (χ1v) is 31.9. The highest BCUT2D eigenvalue weighted by molar-refractivity contribution is 7.54. The first kappa shape index (κ1) is 68.9. The molecule has 416 valence electrons. The topological polar surface area (TPSA) is 128 Å². The molecule has 0 saturated carbocycles. The third-order valence-corrected chi connectivity index (χ3v) is 15.7. The second-order valence-corrected chi connectivity index (χ2v) is 25.4. The molecule has 11 heteroatoms. The van der Waals surface area contributed by atoms with E-state index in [9.17, 15) is 9.46 Å². The van der Waals surface area contributed by atoms with Crippen LogP contribution in [-0.2, 0) is 13.8 Å². The number of rotatable bonds is 58. The molecule has 0 radical (unpaired) electrons. The number of hydrogen-bond acceptors (Lipinski definition) is 9. The van der Waals surface area contributed by atoms with Gasteiger partial charge in [0.1, 0.15) is 0 Å². The smallest absolute Gasteiger partial charge is 0.333 e. The van der Waals surface area contributed by atoms with Gasteiger partial charge in [0.25, 0.3) is 0 Å². The third-order valence-electron chi connectivity index (χ3n) is 13.4. The normalized spacial score (nSPS) is 13.2. The Labute approximate surface area is 431 Å². The van der Waals surface area contributed by atoms with Crippen LogP contribution >= 0.6 is 7.60 Å². The lowest BCUT2D eigenvalue weighted by Crippen LogP contribution is -2.24. The van der Waals surface area contributed by atoms with Crippen molar-refractivity contribution in [2.75, 3.05) is 91.8 Å². The minimum atomic E-state index is -3.53. The van der Waals surface area contributed by atoms with E-state index in [0.717, 1.165) is 71.8 Å². The van der Waals surface area contributed by atoms with Gasteiger partial charge in [0.15, 0.2) is 0 Å². The molecule has 0 aliphatic carbocycles. The Morgan fingerprint density at radius 1 is 0.290 bits per heavy atom. The lowest BCUT2D eigenvalue weighted by atomic mass is 10.1. The number of nitrogens with one attached hydrogen (secondary N) is 6. The van der Waals surface area contributed by atoms with E-state index < -0.39 is 12.8 Å². The van der Waals surface area contributed by atoms with Gasteiger partial charge < -0.3 is 46.1 Å².